The lowest BCUT2D eigenvalue weighted by Crippen LogP contribution is -2.13. The van der Waals surface area contributed by atoms with E-state index in [1.54, 1.807) is 12.4 Å². The van der Waals surface area contributed by atoms with Gasteiger partial charge in [0.2, 0.25) is 0 Å². The monoisotopic (exact) mass is 263 g/mol. The molecule has 4 heteroatoms. The van der Waals surface area contributed by atoms with Crippen LogP contribution in [-0.2, 0) is 11.3 Å². The summed E-state index contributed by atoms with van der Waals surface area (Å²) in [6, 6.07) is 0. The number of anilines is 1. The predicted molar refractivity (Wildman–Crippen MR) is 77.0 cm³/mol. The van der Waals surface area contributed by atoms with E-state index >= 15 is 0 Å². The molecule has 19 heavy (non-hydrogen) atoms. The number of ether oxygens (including phenoxy) is 1. The molecule has 1 aliphatic rings. The van der Waals surface area contributed by atoms with Crippen LogP contribution in [0.1, 0.15) is 51.1 Å². The summed E-state index contributed by atoms with van der Waals surface area (Å²) < 4.78 is 5.76. The molecule has 0 spiro atoms. The number of hydrogen-bond acceptors (Lipinski definition) is 4. The molecule has 0 radical (unpaired) electrons. The van der Waals surface area contributed by atoms with Crippen molar-refractivity contribution < 1.29 is 4.74 Å². The number of hydrogen-bond donors (Lipinski definition) is 1. The van der Waals surface area contributed by atoms with E-state index in [0.29, 0.717) is 6.61 Å². The predicted octanol–water partition coefficient (Wildman–Crippen LogP) is 3.40. The largest absolute Gasteiger partial charge is 0.375 e. The molecule has 1 aromatic heterocycles. The molecule has 0 unspecified atom stereocenters. The molecule has 1 fully saturated rings. The lowest BCUT2D eigenvalue weighted by Gasteiger charge is -2.21. The summed E-state index contributed by atoms with van der Waals surface area (Å²) >= 11 is 0. The summed E-state index contributed by atoms with van der Waals surface area (Å²) in [5, 5.41) is 3.21. The fraction of sp³-hybridized carbons (Fsp3) is 0.733. The van der Waals surface area contributed by atoms with Crippen molar-refractivity contribution in [3.8, 4) is 0 Å². The average molecular weight is 263 g/mol. The molecule has 0 amide bonds. The Labute approximate surface area is 116 Å². The summed E-state index contributed by atoms with van der Waals surface area (Å²) in [7, 11) is 0. The minimum absolute atomic E-state index is 0.581. The molecule has 0 aliphatic heterocycles. The molecular weight excluding hydrogens is 238 g/mol. The topological polar surface area (TPSA) is 47.0 Å². The van der Waals surface area contributed by atoms with Crippen LogP contribution in [0.15, 0.2) is 12.4 Å². The van der Waals surface area contributed by atoms with Gasteiger partial charge in [-0.05, 0) is 25.2 Å². The lowest BCUT2D eigenvalue weighted by molar-refractivity contribution is 0.0719. The smallest absolute Gasteiger partial charge is 0.144 e. The molecular formula is C15H25N3O. The summed E-state index contributed by atoms with van der Waals surface area (Å²) in [5.74, 6) is 1.60. The van der Waals surface area contributed by atoms with Crippen LogP contribution in [0.4, 0.5) is 5.82 Å². The van der Waals surface area contributed by atoms with Gasteiger partial charge in [0.05, 0.1) is 24.7 Å². The number of nitrogens with zero attached hydrogens (tertiary/aromatic N) is 2. The molecule has 0 atom stereocenters. The third kappa shape index (κ3) is 5.15. The standard InChI is InChI=1S/C15H25N3O/c1-2-8-16-15-10-17-14(9-18-15)12-19-11-13-6-4-3-5-7-13/h9-10,13H,2-8,11-12H2,1H3,(H,16,18). The highest BCUT2D eigenvalue weighted by Crippen LogP contribution is 2.23. The highest BCUT2D eigenvalue weighted by Gasteiger charge is 2.13. The van der Waals surface area contributed by atoms with Gasteiger partial charge in [-0.1, -0.05) is 26.2 Å². The summed E-state index contributed by atoms with van der Waals surface area (Å²) in [6.07, 6.45) is 11.5. The minimum atomic E-state index is 0.581. The zero-order valence-electron chi connectivity index (χ0n) is 11.9. The Bertz CT molecular complexity index is 347. The molecule has 2 rings (SSSR count). The van der Waals surface area contributed by atoms with Gasteiger partial charge in [-0.15, -0.1) is 0 Å². The number of rotatable bonds is 7. The van der Waals surface area contributed by atoms with E-state index in [1.165, 1.54) is 32.1 Å². The van der Waals surface area contributed by atoms with E-state index in [0.717, 1.165) is 37.0 Å². The van der Waals surface area contributed by atoms with E-state index in [-0.39, 0.29) is 0 Å². The first-order valence-corrected chi connectivity index (χ1v) is 7.51. The Morgan fingerprint density at radius 2 is 2.05 bits per heavy atom. The summed E-state index contributed by atoms with van der Waals surface area (Å²) in [6.45, 7) is 4.52. The van der Waals surface area contributed by atoms with Gasteiger partial charge in [0.25, 0.3) is 0 Å². The van der Waals surface area contributed by atoms with E-state index in [9.17, 15) is 0 Å². The van der Waals surface area contributed by atoms with Gasteiger partial charge in [0, 0.05) is 13.2 Å². The fourth-order valence-corrected chi connectivity index (χ4v) is 2.46. The quantitative estimate of drug-likeness (QED) is 0.819. The molecule has 1 saturated carbocycles. The molecule has 0 bridgehead atoms. The minimum Gasteiger partial charge on any atom is -0.375 e. The fourth-order valence-electron chi connectivity index (χ4n) is 2.46. The molecule has 1 N–H and O–H groups in total. The first-order valence-electron chi connectivity index (χ1n) is 7.51. The maximum absolute atomic E-state index is 5.76. The maximum atomic E-state index is 5.76. The summed E-state index contributed by atoms with van der Waals surface area (Å²) in [5.41, 5.74) is 0.915. The van der Waals surface area contributed by atoms with Crippen LogP contribution >= 0.6 is 0 Å². The third-order valence-electron chi connectivity index (χ3n) is 3.59. The highest BCUT2D eigenvalue weighted by molar-refractivity contribution is 5.30. The second-order valence-electron chi connectivity index (χ2n) is 5.34. The van der Waals surface area contributed by atoms with Crippen LogP contribution in [0, 0.1) is 5.92 Å². The summed E-state index contributed by atoms with van der Waals surface area (Å²) in [4.78, 5) is 8.69. The van der Waals surface area contributed by atoms with E-state index in [2.05, 4.69) is 22.2 Å². The van der Waals surface area contributed by atoms with Gasteiger partial charge in [-0.25, -0.2) is 4.98 Å². The Hall–Kier alpha value is -1.16. The first-order chi connectivity index (χ1) is 9.38. The van der Waals surface area contributed by atoms with Crippen LogP contribution in [0.25, 0.3) is 0 Å². The Morgan fingerprint density at radius 3 is 2.74 bits per heavy atom. The third-order valence-corrected chi connectivity index (χ3v) is 3.59. The van der Waals surface area contributed by atoms with Gasteiger partial charge >= 0.3 is 0 Å². The molecule has 1 aliphatic carbocycles. The molecule has 1 heterocycles. The van der Waals surface area contributed by atoms with Gasteiger partial charge in [-0.2, -0.15) is 0 Å². The maximum Gasteiger partial charge on any atom is 0.144 e. The van der Waals surface area contributed by atoms with E-state index < -0.39 is 0 Å². The average Bonchev–Trinajstić information content (AvgIpc) is 2.47. The number of aromatic nitrogens is 2. The zero-order chi connectivity index (χ0) is 13.3. The first kappa shape index (κ1) is 14.3. The van der Waals surface area contributed by atoms with Crippen molar-refractivity contribution >= 4 is 5.82 Å². The van der Waals surface area contributed by atoms with Gasteiger partial charge in [0.15, 0.2) is 0 Å². The van der Waals surface area contributed by atoms with Crippen LogP contribution in [-0.4, -0.2) is 23.1 Å². The van der Waals surface area contributed by atoms with Crippen molar-refractivity contribution in [1.82, 2.24) is 9.97 Å². The van der Waals surface area contributed by atoms with Crippen molar-refractivity contribution in [2.24, 2.45) is 5.92 Å². The lowest BCUT2D eigenvalue weighted by atomic mass is 9.90. The zero-order valence-corrected chi connectivity index (χ0v) is 11.9. The molecule has 0 aromatic carbocycles. The van der Waals surface area contributed by atoms with Gasteiger partial charge in [-0.3, -0.25) is 4.98 Å². The van der Waals surface area contributed by atoms with Crippen LogP contribution in [0.5, 0.6) is 0 Å². The van der Waals surface area contributed by atoms with Gasteiger partial charge < -0.3 is 10.1 Å². The van der Waals surface area contributed by atoms with Crippen LogP contribution in [0.3, 0.4) is 0 Å². The second-order valence-corrected chi connectivity index (χ2v) is 5.34. The number of nitrogens with one attached hydrogen (secondary N) is 1. The van der Waals surface area contributed by atoms with Crippen molar-refractivity contribution in [2.45, 2.75) is 52.1 Å². The molecule has 106 valence electrons. The van der Waals surface area contributed by atoms with Crippen molar-refractivity contribution in [2.75, 3.05) is 18.5 Å². The Morgan fingerprint density at radius 1 is 1.21 bits per heavy atom. The second kappa shape index (κ2) is 8.10. The molecule has 4 nitrogen and oxygen atoms in total. The molecule has 1 aromatic rings. The van der Waals surface area contributed by atoms with Crippen LogP contribution < -0.4 is 5.32 Å². The Kier molecular flexibility index (Phi) is 6.08. The van der Waals surface area contributed by atoms with Crippen molar-refractivity contribution in [3.05, 3.63) is 18.1 Å². The normalized spacial score (nSPS) is 16.5. The van der Waals surface area contributed by atoms with Crippen LogP contribution in [0.2, 0.25) is 0 Å². The molecule has 0 saturated heterocycles. The van der Waals surface area contributed by atoms with Crippen molar-refractivity contribution in [3.63, 3.8) is 0 Å². The van der Waals surface area contributed by atoms with E-state index in [4.69, 9.17) is 4.74 Å². The van der Waals surface area contributed by atoms with Gasteiger partial charge in [0.1, 0.15) is 5.82 Å². The Balaban J connectivity index is 1.67. The SMILES string of the molecule is CCCNc1cnc(COCC2CCCCC2)cn1. The van der Waals surface area contributed by atoms with E-state index in [1.807, 2.05) is 0 Å². The highest BCUT2D eigenvalue weighted by atomic mass is 16.5. The van der Waals surface area contributed by atoms with Crippen molar-refractivity contribution in [1.29, 1.82) is 0 Å².